The Kier molecular flexibility index (Phi) is 3.06. The van der Waals surface area contributed by atoms with Gasteiger partial charge in [0.05, 0.1) is 0 Å². The molecule has 0 amide bonds. The molecule has 1 aliphatic carbocycles. The summed E-state index contributed by atoms with van der Waals surface area (Å²) < 4.78 is 0. The number of nitrogens with one attached hydrogen (secondary N) is 3. The van der Waals surface area contributed by atoms with E-state index in [0.29, 0.717) is 22.5 Å². The average Bonchev–Trinajstić information content (AvgIpc) is 2.41. The number of ketones is 2. The number of carbonyl (C=O) groups excluding carboxylic acids is 2. The monoisotopic (exact) mass is 245 g/mol. The molecule has 5 heteroatoms. The average molecular weight is 245 g/mol. The SMILES string of the molecule is CNC1=C(NC)C(=O)c2cc(NC)ccc2C1=O. The molecule has 0 heterocycles. The molecule has 0 atom stereocenters. The summed E-state index contributed by atoms with van der Waals surface area (Å²) in [5.74, 6) is -0.340. The molecule has 5 nitrogen and oxygen atoms in total. The maximum Gasteiger partial charge on any atom is 0.211 e. The molecular weight excluding hydrogens is 230 g/mol. The van der Waals surface area contributed by atoms with Gasteiger partial charge in [0.1, 0.15) is 11.4 Å². The number of allylic oxidation sites excluding steroid dienone is 2. The van der Waals surface area contributed by atoms with E-state index in [0.717, 1.165) is 5.69 Å². The lowest BCUT2D eigenvalue weighted by atomic mass is 9.90. The van der Waals surface area contributed by atoms with Crippen molar-refractivity contribution in [1.29, 1.82) is 0 Å². The van der Waals surface area contributed by atoms with E-state index in [1.165, 1.54) is 0 Å². The number of rotatable bonds is 3. The third-order valence-electron chi connectivity index (χ3n) is 3.00. The minimum Gasteiger partial charge on any atom is -0.388 e. The number of benzene rings is 1. The van der Waals surface area contributed by atoms with Gasteiger partial charge < -0.3 is 16.0 Å². The first-order valence-electron chi connectivity index (χ1n) is 5.65. The fourth-order valence-electron chi connectivity index (χ4n) is 2.06. The van der Waals surface area contributed by atoms with Crippen LogP contribution in [0.4, 0.5) is 5.69 Å². The van der Waals surface area contributed by atoms with Crippen LogP contribution in [-0.4, -0.2) is 32.7 Å². The molecule has 2 rings (SSSR count). The quantitative estimate of drug-likeness (QED) is 0.733. The van der Waals surface area contributed by atoms with Crippen LogP contribution in [0.1, 0.15) is 20.7 Å². The Hall–Kier alpha value is -2.30. The predicted molar refractivity (Wildman–Crippen MR) is 69.8 cm³/mol. The summed E-state index contributed by atoms with van der Waals surface area (Å²) in [6.45, 7) is 0. The lowest BCUT2D eigenvalue weighted by molar-refractivity contribution is 0.0964. The minimum atomic E-state index is -0.173. The number of carbonyl (C=O) groups is 2. The molecule has 1 aromatic rings. The van der Waals surface area contributed by atoms with Gasteiger partial charge in [-0.05, 0) is 18.2 Å². The molecule has 1 aromatic carbocycles. The van der Waals surface area contributed by atoms with Crippen LogP contribution in [0, 0.1) is 0 Å². The summed E-state index contributed by atoms with van der Waals surface area (Å²) in [6, 6.07) is 5.15. The summed E-state index contributed by atoms with van der Waals surface area (Å²) in [7, 11) is 5.03. The molecule has 0 radical (unpaired) electrons. The maximum atomic E-state index is 12.3. The first-order chi connectivity index (χ1) is 8.63. The summed E-state index contributed by atoms with van der Waals surface area (Å²) in [5, 5.41) is 8.53. The third-order valence-corrected chi connectivity index (χ3v) is 3.00. The van der Waals surface area contributed by atoms with Crippen LogP contribution in [0.2, 0.25) is 0 Å². The van der Waals surface area contributed by atoms with Crippen molar-refractivity contribution in [2.45, 2.75) is 0 Å². The Morgan fingerprint density at radius 1 is 0.778 bits per heavy atom. The molecule has 0 bridgehead atoms. The highest BCUT2D eigenvalue weighted by Crippen LogP contribution is 2.26. The molecule has 3 N–H and O–H groups in total. The van der Waals surface area contributed by atoms with E-state index in [2.05, 4.69) is 16.0 Å². The predicted octanol–water partition coefficient (Wildman–Crippen LogP) is 0.758. The third kappa shape index (κ3) is 1.64. The number of Topliss-reactive ketones (excluding diaryl/α,β-unsaturated/α-hetero) is 2. The number of anilines is 1. The molecule has 0 saturated heterocycles. The fraction of sp³-hybridized carbons (Fsp3) is 0.231. The van der Waals surface area contributed by atoms with Gasteiger partial charge in [0, 0.05) is 38.0 Å². The number of likely N-dealkylation sites (N-methyl/N-ethyl adjacent to an activating group) is 2. The zero-order valence-electron chi connectivity index (χ0n) is 10.5. The van der Waals surface area contributed by atoms with E-state index >= 15 is 0 Å². The van der Waals surface area contributed by atoms with Gasteiger partial charge in [-0.3, -0.25) is 9.59 Å². The van der Waals surface area contributed by atoms with Crippen LogP contribution in [0.15, 0.2) is 29.6 Å². The van der Waals surface area contributed by atoms with Crippen LogP contribution in [-0.2, 0) is 0 Å². The summed E-state index contributed by atoms with van der Waals surface area (Å²) in [4.78, 5) is 24.5. The molecule has 0 saturated carbocycles. The molecule has 0 aromatic heterocycles. The Morgan fingerprint density at radius 2 is 1.33 bits per heavy atom. The first-order valence-corrected chi connectivity index (χ1v) is 5.65. The van der Waals surface area contributed by atoms with Crippen molar-refractivity contribution < 1.29 is 9.59 Å². The summed E-state index contributed by atoms with van der Waals surface area (Å²) in [5.41, 5.74) is 2.28. The van der Waals surface area contributed by atoms with Crippen molar-refractivity contribution in [3.8, 4) is 0 Å². The number of hydrogen-bond donors (Lipinski definition) is 3. The number of fused-ring (bicyclic) bond motifs is 1. The van der Waals surface area contributed by atoms with Gasteiger partial charge in [-0.1, -0.05) is 0 Å². The second-order valence-corrected chi connectivity index (χ2v) is 3.92. The zero-order valence-corrected chi connectivity index (χ0v) is 10.5. The molecule has 94 valence electrons. The van der Waals surface area contributed by atoms with Crippen LogP contribution in [0.5, 0.6) is 0 Å². The largest absolute Gasteiger partial charge is 0.388 e. The van der Waals surface area contributed by atoms with E-state index in [4.69, 9.17) is 0 Å². The van der Waals surface area contributed by atoms with E-state index < -0.39 is 0 Å². The van der Waals surface area contributed by atoms with Crippen molar-refractivity contribution in [1.82, 2.24) is 10.6 Å². The van der Waals surface area contributed by atoms with Gasteiger partial charge in [0.25, 0.3) is 0 Å². The Morgan fingerprint density at radius 3 is 1.83 bits per heavy atom. The zero-order chi connectivity index (χ0) is 13.3. The molecular formula is C13H15N3O2. The lowest BCUT2D eigenvalue weighted by Gasteiger charge is -2.21. The molecule has 1 aliphatic rings. The van der Waals surface area contributed by atoms with Crippen LogP contribution < -0.4 is 16.0 Å². The normalized spacial score (nSPS) is 14.4. The minimum absolute atomic E-state index is 0.167. The number of hydrogen-bond acceptors (Lipinski definition) is 5. The molecule has 18 heavy (non-hydrogen) atoms. The van der Waals surface area contributed by atoms with Crippen molar-refractivity contribution in [3.63, 3.8) is 0 Å². The smallest absolute Gasteiger partial charge is 0.211 e. The highest BCUT2D eigenvalue weighted by molar-refractivity contribution is 6.26. The molecule has 0 spiro atoms. The van der Waals surface area contributed by atoms with Gasteiger partial charge in [-0.2, -0.15) is 0 Å². The Bertz CT molecular complexity index is 561. The van der Waals surface area contributed by atoms with Gasteiger partial charge in [-0.25, -0.2) is 0 Å². The van der Waals surface area contributed by atoms with Gasteiger partial charge in [0.2, 0.25) is 11.6 Å². The van der Waals surface area contributed by atoms with Gasteiger partial charge in [-0.15, -0.1) is 0 Å². The second-order valence-electron chi connectivity index (χ2n) is 3.92. The van der Waals surface area contributed by atoms with Crippen molar-refractivity contribution in [3.05, 3.63) is 40.7 Å². The molecule has 0 fully saturated rings. The van der Waals surface area contributed by atoms with Crippen LogP contribution >= 0.6 is 0 Å². The Balaban J connectivity index is 2.64. The highest BCUT2D eigenvalue weighted by atomic mass is 16.1. The highest BCUT2D eigenvalue weighted by Gasteiger charge is 2.31. The van der Waals surface area contributed by atoms with Gasteiger partial charge in [0.15, 0.2) is 0 Å². The summed E-state index contributed by atoms with van der Waals surface area (Å²) >= 11 is 0. The topological polar surface area (TPSA) is 70.2 Å². The van der Waals surface area contributed by atoms with Crippen LogP contribution in [0.3, 0.4) is 0 Å². The molecule has 0 unspecified atom stereocenters. The summed E-state index contributed by atoms with van der Waals surface area (Å²) in [6.07, 6.45) is 0. The fourth-order valence-corrected chi connectivity index (χ4v) is 2.06. The van der Waals surface area contributed by atoms with E-state index in [9.17, 15) is 9.59 Å². The molecule has 0 aliphatic heterocycles. The van der Waals surface area contributed by atoms with Crippen LogP contribution in [0.25, 0.3) is 0 Å². The van der Waals surface area contributed by atoms with E-state index in [-0.39, 0.29) is 11.6 Å². The van der Waals surface area contributed by atoms with Gasteiger partial charge >= 0.3 is 0 Å². The maximum absolute atomic E-state index is 12.3. The van der Waals surface area contributed by atoms with Crippen molar-refractivity contribution in [2.24, 2.45) is 0 Å². The Labute approximate surface area is 105 Å². The van der Waals surface area contributed by atoms with Crippen molar-refractivity contribution >= 4 is 17.3 Å². The standard InChI is InChI=1S/C13H15N3O2/c1-14-7-4-5-8-9(6-7)13(18)11(16-3)10(15-2)12(8)17/h4-6,14-16H,1-3H3. The van der Waals surface area contributed by atoms with E-state index in [1.54, 1.807) is 39.3 Å². The van der Waals surface area contributed by atoms with Crippen molar-refractivity contribution in [2.75, 3.05) is 26.5 Å². The first kappa shape index (κ1) is 12.2. The lowest BCUT2D eigenvalue weighted by Crippen LogP contribution is -2.33. The van der Waals surface area contributed by atoms with E-state index in [1.807, 2.05) is 0 Å². The second kappa shape index (κ2) is 4.52.